The monoisotopic (exact) mass is 200 g/mol. The van der Waals surface area contributed by atoms with Crippen LogP contribution < -0.4 is 0 Å². The lowest BCUT2D eigenvalue weighted by atomic mass is 10.1. The summed E-state index contributed by atoms with van der Waals surface area (Å²) in [6.45, 7) is 5.20. The van der Waals surface area contributed by atoms with Crippen molar-refractivity contribution in [2.24, 2.45) is 0 Å². The first kappa shape index (κ1) is 9.71. The van der Waals surface area contributed by atoms with Crippen LogP contribution in [0.5, 0.6) is 0 Å². The van der Waals surface area contributed by atoms with Gasteiger partial charge in [-0.15, -0.1) is 0 Å². The highest BCUT2D eigenvalue weighted by Crippen LogP contribution is 2.30. The second kappa shape index (κ2) is 3.73. The zero-order valence-electron chi connectivity index (χ0n) is 8.57. The zero-order valence-corrected chi connectivity index (χ0v) is 8.57. The van der Waals surface area contributed by atoms with Crippen molar-refractivity contribution in [2.45, 2.75) is 13.0 Å². The molecule has 1 aliphatic rings. The molecular formula is C13H12O2. The van der Waals surface area contributed by atoms with Crippen molar-refractivity contribution < 1.29 is 9.53 Å². The fraction of sp³-hybridized carbons (Fsp3) is 0.154. The Hall–Kier alpha value is -1.83. The Kier molecular flexibility index (Phi) is 2.42. The largest absolute Gasteiger partial charge is 0.450 e. The van der Waals surface area contributed by atoms with Gasteiger partial charge in [-0.25, -0.2) is 4.79 Å². The topological polar surface area (TPSA) is 26.3 Å². The maximum Gasteiger partial charge on any atom is 0.334 e. The van der Waals surface area contributed by atoms with Gasteiger partial charge in [-0.3, -0.25) is 0 Å². The Balaban J connectivity index is 2.18. The molecule has 0 aliphatic heterocycles. The van der Waals surface area contributed by atoms with Crippen molar-refractivity contribution in [3.63, 3.8) is 0 Å². The molecule has 1 atom stereocenters. The number of hydrogen-bond donors (Lipinski definition) is 0. The Morgan fingerprint density at radius 3 is 2.87 bits per heavy atom. The fourth-order valence-corrected chi connectivity index (χ4v) is 1.54. The van der Waals surface area contributed by atoms with Crippen molar-refractivity contribution in [2.75, 3.05) is 0 Å². The number of rotatable bonds is 2. The van der Waals surface area contributed by atoms with E-state index in [1.54, 1.807) is 6.92 Å². The van der Waals surface area contributed by atoms with Crippen LogP contribution >= 0.6 is 0 Å². The molecule has 0 radical (unpaired) electrons. The van der Waals surface area contributed by atoms with Crippen molar-refractivity contribution in [1.29, 1.82) is 0 Å². The van der Waals surface area contributed by atoms with E-state index < -0.39 is 0 Å². The van der Waals surface area contributed by atoms with Crippen LogP contribution in [0, 0.1) is 0 Å². The third-order valence-electron chi connectivity index (χ3n) is 2.34. The summed E-state index contributed by atoms with van der Waals surface area (Å²) < 4.78 is 5.27. The van der Waals surface area contributed by atoms with Gasteiger partial charge in [-0.05, 0) is 18.6 Å². The molecule has 0 saturated heterocycles. The van der Waals surface area contributed by atoms with E-state index in [-0.39, 0.29) is 12.1 Å². The van der Waals surface area contributed by atoms with Crippen LogP contribution in [0.2, 0.25) is 0 Å². The average Bonchev–Trinajstić information content (AvgIpc) is 2.62. The molecule has 0 amide bonds. The molecular weight excluding hydrogens is 188 g/mol. The van der Waals surface area contributed by atoms with Crippen LogP contribution in [-0.2, 0) is 9.53 Å². The molecule has 0 fully saturated rings. The van der Waals surface area contributed by atoms with Crippen LogP contribution in [0.25, 0.3) is 6.08 Å². The predicted octanol–water partition coefficient (Wildman–Crippen LogP) is 2.87. The summed E-state index contributed by atoms with van der Waals surface area (Å²) in [7, 11) is 0. The minimum Gasteiger partial charge on any atom is -0.450 e. The van der Waals surface area contributed by atoms with Crippen molar-refractivity contribution in [3.8, 4) is 0 Å². The van der Waals surface area contributed by atoms with Gasteiger partial charge in [-0.2, -0.15) is 0 Å². The average molecular weight is 200 g/mol. The van der Waals surface area contributed by atoms with Crippen molar-refractivity contribution in [1.82, 2.24) is 0 Å². The molecule has 0 heterocycles. The standard InChI is InChI=1S/C13H12O2/c1-9(2)13(14)15-12-8-7-10-5-3-4-6-11(10)12/h3-8,12H,1H2,2H3. The lowest BCUT2D eigenvalue weighted by molar-refractivity contribution is -0.142. The summed E-state index contributed by atoms with van der Waals surface area (Å²) in [5.74, 6) is -0.346. The Morgan fingerprint density at radius 1 is 1.40 bits per heavy atom. The normalized spacial score (nSPS) is 17.3. The number of fused-ring (bicyclic) bond motifs is 1. The van der Waals surface area contributed by atoms with Gasteiger partial charge in [0, 0.05) is 11.1 Å². The lowest BCUT2D eigenvalue weighted by Gasteiger charge is -2.12. The van der Waals surface area contributed by atoms with Crippen molar-refractivity contribution >= 4 is 12.0 Å². The highest BCUT2D eigenvalue weighted by molar-refractivity contribution is 5.87. The smallest absolute Gasteiger partial charge is 0.334 e. The van der Waals surface area contributed by atoms with Crippen LogP contribution in [0.1, 0.15) is 24.2 Å². The maximum atomic E-state index is 11.4. The molecule has 1 unspecified atom stereocenters. The summed E-state index contributed by atoms with van der Waals surface area (Å²) in [6, 6.07) is 7.87. The maximum absolute atomic E-state index is 11.4. The minimum atomic E-state index is -0.346. The van der Waals surface area contributed by atoms with E-state index in [0.29, 0.717) is 5.57 Å². The first-order valence-corrected chi connectivity index (χ1v) is 4.82. The molecule has 15 heavy (non-hydrogen) atoms. The van der Waals surface area contributed by atoms with Gasteiger partial charge >= 0.3 is 5.97 Å². The van der Waals surface area contributed by atoms with Crippen LogP contribution in [0.3, 0.4) is 0 Å². The zero-order chi connectivity index (χ0) is 10.8. The third kappa shape index (κ3) is 1.84. The molecule has 1 aromatic rings. The van der Waals surface area contributed by atoms with Gasteiger partial charge in [0.05, 0.1) is 0 Å². The summed E-state index contributed by atoms with van der Waals surface area (Å²) >= 11 is 0. The molecule has 0 saturated carbocycles. The molecule has 0 aromatic heterocycles. The number of ether oxygens (including phenoxy) is 1. The summed E-state index contributed by atoms with van der Waals surface area (Å²) in [5.41, 5.74) is 2.57. The molecule has 2 rings (SSSR count). The summed E-state index contributed by atoms with van der Waals surface area (Å²) in [5, 5.41) is 0. The number of carbonyl (C=O) groups excluding carboxylic acids is 1. The molecule has 76 valence electrons. The SMILES string of the molecule is C=C(C)C(=O)OC1C=Cc2ccccc21. The van der Waals surface area contributed by atoms with Crippen LogP contribution in [0.4, 0.5) is 0 Å². The lowest BCUT2D eigenvalue weighted by Crippen LogP contribution is -2.08. The van der Waals surface area contributed by atoms with Crippen LogP contribution in [-0.4, -0.2) is 5.97 Å². The van der Waals surface area contributed by atoms with Gasteiger partial charge in [0.2, 0.25) is 0 Å². The van der Waals surface area contributed by atoms with Gasteiger partial charge < -0.3 is 4.74 Å². The highest BCUT2D eigenvalue weighted by atomic mass is 16.5. The quantitative estimate of drug-likeness (QED) is 0.542. The van der Waals surface area contributed by atoms with Gasteiger partial charge in [-0.1, -0.05) is 36.9 Å². The minimum absolute atomic E-state index is 0.259. The van der Waals surface area contributed by atoms with Gasteiger partial charge in [0.15, 0.2) is 0 Å². The second-order valence-corrected chi connectivity index (χ2v) is 3.59. The Bertz CT molecular complexity index is 444. The fourth-order valence-electron chi connectivity index (χ4n) is 1.54. The molecule has 0 N–H and O–H groups in total. The number of esters is 1. The van der Waals surface area contributed by atoms with E-state index in [4.69, 9.17) is 4.74 Å². The summed E-state index contributed by atoms with van der Waals surface area (Å²) in [4.78, 5) is 11.4. The number of hydrogen-bond acceptors (Lipinski definition) is 2. The van der Waals surface area contributed by atoms with Crippen molar-refractivity contribution in [3.05, 3.63) is 53.6 Å². The Morgan fingerprint density at radius 2 is 2.13 bits per heavy atom. The van der Waals surface area contributed by atoms with E-state index in [1.807, 2.05) is 36.4 Å². The summed E-state index contributed by atoms with van der Waals surface area (Å²) in [6.07, 6.45) is 3.59. The number of carbonyl (C=O) groups is 1. The van der Waals surface area contributed by atoms with E-state index in [0.717, 1.165) is 11.1 Å². The first-order chi connectivity index (χ1) is 7.18. The number of benzene rings is 1. The first-order valence-electron chi connectivity index (χ1n) is 4.82. The van der Waals surface area contributed by atoms with Gasteiger partial charge in [0.25, 0.3) is 0 Å². The third-order valence-corrected chi connectivity index (χ3v) is 2.34. The van der Waals surface area contributed by atoms with E-state index in [9.17, 15) is 4.79 Å². The van der Waals surface area contributed by atoms with Crippen LogP contribution in [0.15, 0.2) is 42.5 Å². The molecule has 2 heteroatoms. The van der Waals surface area contributed by atoms with Gasteiger partial charge in [0.1, 0.15) is 6.10 Å². The molecule has 1 aliphatic carbocycles. The highest BCUT2D eigenvalue weighted by Gasteiger charge is 2.20. The van der Waals surface area contributed by atoms with E-state index in [2.05, 4.69) is 6.58 Å². The molecule has 2 nitrogen and oxygen atoms in total. The molecule has 0 bridgehead atoms. The Labute approximate surface area is 88.9 Å². The second-order valence-electron chi connectivity index (χ2n) is 3.59. The molecule has 1 aromatic carbocycles. The van der Waals surface area contributed by atoms with E-state index >= 15 is 0 Å². The molecule has 0 spiro atoms. The van der Waals surface area contributed by atoms with E-state index in [1.165, 1.54) is 0 Å². The predicted molar refractivity (Wildman–Crippen MR) is 59.1 cm³/mol.